The van der Waals surface area contributed by atoms with Gasteiger partial charge in [-0.05, 0) is 43.5 Å². The van der Waals surface area contributed by atoms with E-state index in [0.717, 1.165) is 18.7 Å². The minimum Gasteiger partial charge on any atom is -0.465 e. The van der Waals surface area contributed by atoms with Crippen molar-refractivity contribution in [3.05, 3.63) is 29.3 Å². The molecule has 1 saturated heterocycles. The second kappa shape index (κ2) is 4.56. The molecule has 3 heteroatoms. The van der Waals surface area contributed by atoms with Gasteiger partial charge in [-0.25, -0.2) is 4.79 Å². The van der Waals surface area contributed by atoms with E-state index in [2.05, 4.69) is 11.0 Å². The number of hydrogen-bond donors (Lipinski definition) is 0. The maximum Gasteiger partial charge on any atom is 0.338 e. The highest BCUT2D eigenvalue weighted by Crippen LogP contribution is 2.23. The number of carbonyl (C=O) groups is 1. The topological polar surface area (TPSA) is 29.5 Å². The first-order valence-corrected chi connectivity index (χ1v) is 5.66. The molecule has 0 unspecified atom stereocenters. The second-order valence-electron chi connectivity index (χ2n) is 4.18. The Bertz CT molecular complexity index is 395. The molecular formula is C13H17NO2. The van der Waals surface area contributed by atoms with Crippen LogP contribution in [0.4, 0.5) is 5.69 Å². The van der Waals surface area contributed by atoms with Crippen LogP contribution in [0.5, 0.6) is 0 Å². The van der Waals surface area contributed by atoms with Crippen molar-refractivity contribution in [2.75, 3.05) is 25.1 Å². The lowest BCUT2D eigenvalue weighted by molar-refractivity contribution is 0.0600. The maximum absolute atomic E-state index is 11.4. The van der Waals surface area contributed by atoms with Crippen molar-refractivity contribution in [3.63, 3.8) is 0 Å². The number of methoxy groups -OCH3 is 1. The molecular weight excluding hydrogens is 202 g/mol. The number of aryl methyl sites for hydroxylation is 1. The average molecular weight is 219 g/mol. The summed E-state index contributed by atoms with van der Waals surface area (Å²) < 4.78 is 4.73. The van der Waals surface area contributed by atoms with Crippen molar-refractivity contribution in [1.82, 2.24) is 0 Å². The van der Waals surface area contributed by atoms with Crippen LogP contribution in [0.3, 0.4) is 0 Å². The molecule has 3 nitrogen and oxygen atoms in total. The highest BCUT2D eigenvalue weighted by Gasteiger charge is 2.15. The Morgan fingerprint density at radius 3 is 2.56 bits per heavy atom. The van der Waals surface area contributed by atoms with Gasteiger partial charge in [0.1, 0.15) is 0 Å². The third-order valence-electron chi connectivity index (χ3n) is 3.09. The van der Waals surface area contributed by atoms with Gasteiger partial charge in [-0.3, -0.25) is 0 Å². The molecule has 86 valence electrons. The number of carbonyl (C=O) groups excluding carboxylic acids is 1. The lowest BCUT2D eigenvalue weighted by atomic mass is 10.1. The van der Waals surface area contributed by atoms with E-state index in [1.54, 1.807) is 0 Å². The first-order chi connectivity index (χ1) is 7.72. The summed E-state index contributed by atoms with van der Waals surface area (Å²) >= 11 is 0. The standard InChI is InChI=1S/C13H17NO2/c1-10-9-11(14-7-3-4-8-14)5-6-12(10)13(15)16-2/h5-6,9H,3-4,7-8H2,1-2H3. The van der Waals surface area contributed by atoms with Gasteiger partial charge < -0.3 is 9.64 Å². The fourth-order valence-corrected chi connectivity index (χ4v) is 2.16. The summed E-state index contributed by atoms with van der Waals surface area (Å²) in [4.78, 5) is 13.8. The average Bonchev–Trinajstić information content (AvgIpc) is 2.81. The molecule has 0 atom stereocenters. The number of ether oxygens (including phenoxy) is 1. The van der Waals surface area contributed by atoms with E-state index in [1.165, 1.54) is 25.6 Å². The molecule has 0 amide bonds. The molecule has 0 N–H and O–H groups in total. The quantitative estimate of drug-likeness (QED) is 0.715. The Morgan fingerprint density at radius 2 is 2.00 bits per heavy atom. The minimum atomic E-state index is -0.259. The fraction of sp³-hybridized carbons (Fsp3) is 0.462. The van der Waals surface area contributed by atoms with Crippen LogP contribution < -0.4 is 4.90 Å². The predicted octanol–water partition coefficient (Wildman–Crippen LogP) is 2.38. The first-order valence-electron chi connectivity index (χ1n) is 5.66. The van der Waals surface area contributed by atoms with Gasteiger partial charge in [-0.2, -0.15) is 0 Å². The van der Waals surface area contributed by atoms with E-state index in [9.17, 15) is 4.79 Å². The van der Waals surface area contributed by atoms with Gasteiger partial charge in [-0.1, -0.05) is 0 Å². The van der Waals surface area contributed by atoms with Crippen molar-refractivity contribution in [1.29, 1.82) is 0 Å². The molecule has 0 aliphatic carbocycles. The summed E-state index contributed by atoms with van der Waals surface area (Å²) in [5.74, 6) is -0.259. The molecule has 1 aliphatic heterocycles. The molecule has 0 saturated carbocycles. The van der Waals surface area contributed by atoms with Crippen LogP contribution in [0, 0.1) is 6.92 Å². The SMILES string of the molecule is COC(=O)c1ccc(N2CCCC2)cc1C. The Labute approximate surface area is 96.0 Å². The van der Waals surface area contributed by atoms with Crippen LogP contribution in [-0.4, -0.2) is 26.2 Å². The number of rotatable bonds is 2. The van der Waals surface area contributed by atoms with Crippen LogP contribution >= 0.6 is 0 Å². The zero-order valence-corrected chi connectivity index (χ0v) is 9.82. The van der Waals surface area contributed by atoms with E-state index < -0.39 is 0 Å². The highest BCUT2D eigenvalue weighted by atomic mass is 16.5. The molecule has 0 bridgehead atoms. The molecule has 1 aromatic carbocycles. The lowest BCUT2D eigenvalue weighted by Crippen LogP contribution is -2.18. The van der Waals surface area contributed by atoms with Crippen molar-refractivity contribution in [3.8, 4) is 0 Å². The van der Waals surface area contributed by atoms with E-state index >= 15 is 0 Å². The molecule has 1 heterocycles. The van der Waals surface area contributed by atoms with Crippen LogP contribution in [0.2, 0.25) is 0 Å². The number of nitrogens with zero attached hydrogens (tertiary/aromatic N) is 1. The van der Waals surface area contributed by atoms with Crippen LogP contribution in [-0.2, 0) is 4.74 Å². The van der Waals surface area contributed by atoms with E-state index in [4.69, 9.17) is 4.74 Å². The summed E-state index contributed by atoms with van der Waals surface area (Å²) in [6.45, 7) is 4.19. The Kier molecular flexibility index (Phi) is 3.13. The Morgan fingerprint density at radius 1 is 1.31 bits per heavy atom. The molecule has 0 spiro atoms. The fourth-order valence-electron chi connectivity index (χ4n) is 2.16. The molecule has 16 heavy (non-hydrogen) atoms. The highest BCUT2D eigenvalue weighted by molar-refractivity contribution is 5.91. The largest absolute Gasteiger partial charge is 0.465 e. The van der Waals surface area contributed by atoms with Crippen molar-refractivity contribution in [2.45, 2.75) is 19.8 Å². The third-order valence-corrected chi connectivity index (χ3v) is 3.09. The second-order valence-corrected chi connectivity index (χ2v) is 4.18. The van der Waals surface area contributed by atoms with Gasteiger partial charge >= 0.3 is 5.97 Å². The first kappa shape index (κ1) is 11.0. The van der Waals surface area contributed by atoms with Gasteiger partial charge in [-0.15, -0.1) is 0 Å². The maximum atomic E-state index is 11.4. The molecule has 1 aliphatic rings. The van der Waals surface area contributed by atoms with Gasteiger partial charge in [0.2, 0.25) is 0 Å². The van der Waals surface area contributed by atoms with Gasteiger partial charge in [0.25, 0.3) is 0 Å². The zero-order chi connectivity index (χ0) is 11.5. The molecule has 0 radical (unpaired) electrons. The van der Waals surface area contributed by atoms with E-state index in [-0.39, 0.29) is 5.97 Å². The molecule has 0 aromatic heterocycles. The van der Waals surface area contributed by atoms with Crippen LogP contribution in [0.1, 0.15) is 28.8 Å². The number of esters is 1. The van der Waals surface area contributed by atoms with Crippen LogP contribution in [0.25, 0.3) is 0 Å². The normalized spacial score (nSPS) is 15.2. The summed E-state index contributed by atoms with van der Waals surface area (Å²) in [7, 11) is 1.41. The summed E-state index contributed by atoms with van der Waals surface area (Å²) in [5.41, 5.74) is 2.85. The number of anilines is 1. The van der Waals surface area contributed by atoms with Gasteiger partial charge in [0.15, 0.2) is 0 Å². The third kappa shape index (κ3) is 2.03. The molecule has 1 fully saturated rings. The zero-order valence-electron chi connectivity index (χ0n) is 9.82. The number of hydrogen-bond acceptors (Lipinski definition) is 3. The monoisotopic (exact) mass is 219 g/mol. The minimum absolute atomic E-state index is 0.259. The smallest absolute Gasteiger partial charge is 0.338 e. The summed E-state index contributed by atoms with van der Waals surface area (Å²) in [5, 5.41) is 0. The van der Waals surface area contributed by atoms with Gasteiger partial charge in [0, 0.05) is 18.8 Å². The van der Waals surface area contributed by atoms with E-state index in [1.807, 2.05) is 19.1 Å². The van der Waals surface area contributed by atoms with Crippen molar-refractivity contribution >= 4 is 11.7 Å². The van der Waals surface area contributed by atoms with Crippen molar-refractivity contribution in [2.24, 2.45) is 0 Å². The molecule has 2 rings (SSSR count). The lowest BCUT2D eigenvalue weighted by Gasteiger charge is -2.18. The number of benzene rings is 1. The summed E-state index contributed by atoms with van der Waals surface area (Å²) in [6.07, 6.45) is 2.52. The Balaban J connectivity index is 2.25. The predicted molar refractivity (Wildman–Crippen MR) is 64.0 cm³/mol. The molecule has 1 aromatic rings. The Hall–Kier alpha value is -1.51. The van der Waals surface area contributed by atoms with Crippen molar-refractivity contribution < 1.29 is 9.53 Å². The van der Waals surface area contributed by atoms with E-state index in [0.29, 0.717) is 5.56 Å². The van der Waals surface area contributed by atoms with Crippen LogP contribution in [0.15, 0.2) is 18.2 Å². The van der Waals surface area contributed by atoms with Gasteiger partial charge in [0.05, 0.1) is 12.7 Å². The summed E-state index contributed by atoms with van der Waals surface area (Å²) in [6, 6.07) is 5.93.